The van der Waals surface area contributed by atoms with E-state index in [1.807, 2.05) is 13.0 Å². The lowest BCUT2D eigenvalue weighted by Gasteiger charge is -2.24. The molecular weight excluding hydrogens is 184 g/mol. The highest BCUT2D eigenvalue weighted by Gasteiger charge is 2.16. The molecule has 15 heavy (non-hydrogen) atoms. The zero-order valence-electron chi connectivity index (χ0n) is 10.8. The molecular formula is C14H24O. The van der Waals surface area contributed by atoms with Crippen LogP contribution in [0.5, 0.6) is 0 Å². The third kappa shape index (κ3) is 8.27. The third-order valence-electron chi connectivity index (χ3n) is 1.87. The predicted octanol–water partition coefficient (Wildman–Crippen LogP) is 3.80. The van der Waals surface area contributed by atoms with E-state index in [1.54, 1.807) is 0 Å². The fraction of sp³-hybridized carbons (Fsp3) is 0.714. The van der Waals surface area contributed by atoms with Crippen molar-refractivity contribution in [2.75, 3.05) is 0 Å². The molecule has 0 aliphatic carbocycles. The van der Waals surface area contributed by atoms with E-state index in [2.05, 4.69) is 46.1 Å². The second kappa shape index (κ2) is 6.69. The van der Waals surface area contributed by atoms with E-state index in [0.29, 0.717) is 0 Å². The van der Waals surface area contributed by atoms with Crippen molar-refractivity contribution in [2.24, 2.45) is 5.92 Å². The summed E-state index contributed by atoms with van der Waals surface area (Å²) in [7, 11) is 0. The molecule has 0 rings (SSSR count). The van der Waals surface area contributed by atoms with Gasteiger partial charge in [0.2, 0.25) is 0 Å². The Balaban J connectivity index is 4.37. The summed E-state index contributed by atoms with van der Waals surface area (Å²) in [5, 5.41) is 0. The van der Waals surface area contributed by atoms with Gasteiger partial charge in [-0.1, -0.05) is 31.3 Å². The predicted molar refractivity (Wildman–Crippen MR) is 66.7 cm³/mol. The smallest absolute Gasteiger partial charge is 0.118 e. The van der Waals surface area contributed by atoms with Crippen LogP contribution in [0.2, 0.25) is 0 Å². The Labute approximate surface area is 94.9 Å². The second-order valence-corrected chi connectivity index (χ2v) is 4.82. The SMILES string of the molecule is C=C[C@@H](C)C#C[C@@H](CCC)OC(C)(C)C. The third-order valence-corrected chi connectivity index (χ3v) is 1.87. The maximum absolute atomic E-state index is 5.87. The molecule has 0 N–H and O–H groups in total. The van der Waals surface area contributed by atoms with Gasteiger partial charge in [-0.25, -0.2) is 0 Å². The van der Waals surface area contributed by atoms with Gasteiger partial charge in [-0.2, -0.15) is 0 Å². The quantitative estimate of drug-likeness (QED) is 0.504. The number of rotatable bonds is 4. The van der Waals surface area contributed by atoms with Gasteiger partial charge in [0.25, 0.3) is 0 Å². The topological polar surface area (TPSA) is 9.23 Å². The minimum absolute atomic E-state index is 0.0531. The van der Waals surface area contributed by atoms with Crippen LogP contribution >= 0.6 is 0 Å². The van der Waals surface area contributed by atoms with E-state index in [-0.39, 0.29) is 17.6 Å². The Morgan fingerprint density at radius 2 is 1.93 bits per heavy atom. The van der Waals surface area contributed by atoms with E-state index in [1.165, 1.54) is 0 Å². The molecule has 0 fully saturated rings. The molecule has 86 valence electrons. The fourth-order valence-electron chi connectivity index (χ4n) is 1.13. The maximum atomic E-state index is 5.87. The largest absolute Gasteiger partial charge is 0.360 e. The van der Waals surface area contributed by atoms with Crippen LogP contribution < -0.4 is 0 Å². The first-order valence-corrected chi connectivity index (χ1v) is 5.70. The summed E-state index contributed by atoms with van der Waals surface area (Å²) >= 11 is 0. The van der Waals surface area contributed by atoms with Crippen LogP contribution in [-0.4, -0.2) is 11.7 Å². The van der Waals surface area contributed by atoms with E-state index >= 15 is 0 Å². The molecule has 0 saturated carbocycles. The fourth-order valence-corrected chi connectivity index (χ4v) is 1.13. The lowest BCUT2D eigenvalue weighted by Crippen LogP contribution is -2.26. The summed E-state index contributed by atoms with van der Waals surface area (Å²) in [5.74, 6) is 6.57. The first kappa shape index (κ1) is 14.3. The van der Waals surface area contributed by atoms with Crippen LogP contribution in [0.25, 0.3) is 0 Å². The Kier molecular flexibility index (Phi) is 6.36. The van der Waals surface area contributed by atoms with Crippen LogP contribution in [-0.2, 0) is 4.74 Å². The monoisotopic (exact) mass is 208 g/mol. The van der Waals surface area contributed by atoms with Gasteiger partial charge >= 0.3 is 0 Å². The zero-order chi connectivity index (χ0) is 11.9. The normalized spacial score (nSPS) is 15.0. The van der Waals surface area contributed by atoms with E-state index in [4.69, 9.17) is 4.74 Å². The molecule has 0 heterocycles. The summed E-state index contributed by atoms with van der Waals surface area (Å²) in [4.78, 5) is 0. The molecule has 0 aromatic carbocycles. The summed E-state index contributed by atoms with van der Waals surface area (Å²) in [5.41, 5.74) is -0.119. The summed E-state index contributed by atoms with van der Waals surface area (Å²) < 4.78 is 5.87. The average molecular weight is 208 g/mol. The van der Waals surface area contributed by atoms with Crippen LogP contribution in [0.1, 0.15) is 47.5 Å². The maximum Gasteiger partial charge on any atom is 0.118 e. The lowest BCUT2D eigenvalue weighted by atomic mass is 10.1. The molecule has 0 aliphatic heterocycles. The zero-order valence-corrected chi connectivity index (χ0v) is 10.8. The molecule has 1 heteroatoms. The summed E-state index contributed by atoms with van der Waals surface area (Å²) in [6.45, 7) is 14.1. The highest BCUT2D eigenvalue weighted by Crippen LogP contribution is 2.14. The van der Waals surface area contributed by atoms with Gasteiger partial charge in [-0.05, 0) is 34.1 Å². The van der Waals surface area contributed by atoms with Gasteiger partial charge in [0.05, 0.1) is 5.60 Å². The van der Waals surface area contributed by atoms with Gasteiger partial charge < -0.3 is 4.74 Å². The van der Waals surface area contributed by atoms with Crippen LogP contribution in [0.3, 0.4) is 0 Å². The molecule has 0 radical (unpaired) electrons. The average Bonchev–Trinajstić information content (AvgIpc) is 2.11. The van der Waals surface area contributed by atoms with Gasteiger partial charge in [0.1, 0.15) is 6.10 Å². The highest BCUT2D eigenvalue weighted by molar-refractivity contribution is 5.11. The minimum Gasteiger partial charge on any atom is -0.360 e. The number of hydrogen-bond acceptors (Lipinski definition) is 1. The van der Waals surface area contributed by atoms with Crippen molar-refractivity contribution < 1.29 is 4.74 Å². The number of hydrogen-bond donors (Lipinski definition) is 0. The summed E-state index contributed by atoms with van der Waals surface area (Å²) in [6, 6.07) is 0. The van der Waals surface area contributed by atoms with Gasteiger partial charge in [0, 0.05) is 5.92 Å². The standard InChI is InChI=1S/C14H24O/c1-7-9-13(15-14(4,5)6)11-10-12(3)8-2/h8,12-13H,2,7,9H2,1,3-6H3/t12-,13-/m1/s1. The van der Waals surface area contributed by atoms with Crippen molar-refractivity contribution in [3.05, 3.63) is 12.7 Å². The number of ether oxygens (including phenoxy) is 1. The molecule has 0 bridgehead atoms. The number of allylic oxidation sites excluding steroid dienone is 1. The van der Waals surface area contributed by atoms with Gasteiger partial charge in [-0.15, -0.1) is 6.58 Å². The molecule has 0 aliphatic rings. The second-order valence-electron chi connectivity index (χ2n) is 4.82. The molecule has 2 atom stereocenters. The van der Waals surface area contributed by atoms with Gasteiger partial charge in [-0.3, -0.25) is 0 Å². The van der Waals surface area contributed by atoms with Crippen LogP contribution in [0, 0.1) is 17.8 Å². The lowest BCUT2D eigenvalue weighted by molar-refractivity contribution is -0.0368. The van der Waals surface area contributed by atoms with Crippen molar-refractivity contribution >= 4 is 0 Å². The van der Waals surface area contributed by atoms with E-state index in [0.717, 1.165) is 12.8 Å². The Morgan fingerprint density at radius 1 is 1.33 bits per heavy atom. The van der Waals surface area contributed by atoms with Crippen molar-refractivity contribution in [3.63, 3.8) is 0 Å². The summed E-state index contributed by atoms with van der Waals surface area (Å²) in [6.07, 6.45) is 4.00. The highest BCUT2D eigenvalue weighted by atomic mass is 16.5. The first-order chi connectivity index (χ1) is 6.89. The van der Waals surface area contributed by atoms with Gasteiger partial charge in [0.15, 0.2) is 0 Å². The van der Waals surface area contributed by atoms with Crippen molar-refractivity contribution in [1.82, 2.24) is 0 Å². The van der Waals surface area contributed by atoms with Crippen LogP contribution in [0.4, 0.5) is 0 Å². The van der Waals surface area contributed by atoms with Crippen molar-refractivity contribution in [2.45, 2.75) is 59.2 Å². The Hall–Kier alpha value is -0.740. The van der Waals surface area contributed by atoms with Crippen LogP contribution in [0.15, 0.2) is 12.7 Å². The van der Waals surface area contributed by atoms with Crippen molar-refractivity contribution in [1.29, 1.82) is 0 Å². The molecule has 0 aromatic rings. The molecule has 0 saturated heterocycles. The Morgan fingerprint density at radius 3 is 2.33 bits per heavy atom. The van der Waals surface area contributed by atoms with E-state index in [9.17, 15) is 0 Å². The first-order valence-electron chi connectivity index (χ1n) is 5.70. The van der Waals surface area contributed by atoms with Crippen molar-refractivity contribution in [3.8, 4) is 11.8 Å². The molecule has 0 spiro atoms. The Bertz CT molecular complexity index is 236. The molecule has 1 nitrogen and oxygen atoms in total. The molecule has 0 aromatic heterocycles. The minimum atomic E-state index is -0.119. The molecule has 0 unspecified atom stereocenters. The van der Waals surface area contributed by atoms with E-state index < -0.39 is 0 Å². The molecule has 0 amide bonds.